The first-order valence-electron chi connectivity index (χ1n) is 5.87. The van der Waals surface area contributed by atoms with Gasteiger partial charge in [0.25, 0.3) is 0 Å². The van der Waals surface area contributed by atoms with Crippen LogP contribution in [0.3, 0.4) is 0 Å². The van der Waals surface area contributed by atoms with E-state index in [1.54, 1.807) is 0 Å². The summed E-state index contributed by atoms with van der Waals surface area (Å²) >= 11 is 0. The Morgan fingerprint density at radius 1 is 1.06 bits per heavy atom. The lowest BCUT2D eigenvalue weighted by molar-refractivity contribution is 1.48. The molecule has 0 saturated heterocycles. The first-order chi connectivity index (χ1) is 8.75. The van der Waals surface area contributed by atoms with Crippen LogP contribution in [-0.2, 0) is 0 Å². The Bertz CT molecular complexity index is 723. The summed E-state index contributed by atoms with van der Waals surface area (Å²) in [6.45, 7) is 3.78. The van der Waals surface area contributed by atoms with Gasteiger partial charge >= 0.3 is 0 Å². The molecule has 88 valence electrons. The molecule has 0 aliphatic rings. The van der Waals surface area contributed by atoms with Gasteiger partial charge in [-0.2, -0.15) is 0 Å². The number of rotatable bonds is 2. The van der Waals surface area contributed by atoms with Crippen molar-refractivity contribution in [1.29, 1.82) is 0 Å². The summed E-state index contributed by atoms with van der Waals surface area (Å²) in [6.07, 6.45) is 1.96. The number of H-pyrrole nitrogens is 1. The summed E-state index contributed by atoms with van der Waals surface area (Å²) in [5.41, 5.74) is 10.8. The highest BCUT2D eigenvalue weighted by Crippen LogP contribution is 2.29. The quantitative estimate of drug-likeness (QED) is 0.696. The lowest BCUT2D eigenvalue weighted by Gasteiger charge is -2.06. The van der Waals surface area contributed by atoms with Gasteiger partial charge in [0.15, 0.2) is 0 Å². The Kier molecular flexibility index (Phi) is 2.41. The Balaban J connectivity index is 2.23. The molecule has 2 heteroatoms. The number of nitrogens with one attached hydrogen (secondary N) is 1. The predicted molar refractivity (Wildman–Crippen MR) is 77.0 cm³/mol. The topological polar surface area (TPSA) is 41.8 Å². The number of aromatic nitrogens is 1. The van der Waals surface area contributed by atoms with E-state index in [0.717, 1.165) is 16.6 Å². The molecule has 0 aliphatic carbocycles. The minimum absolute atomic E-state index is 0.595. The van der Waals surface area contributed by atoms with Gasteiger partial charge in [0.05, 0.1) is 0 Å². The van der Waals surface area contributed by atoms with Gasteiger partial charge in [0.2, 0.25) is 0 Å². The normalized spacial score (nSPS) is 10.7. The maximum atomic E-state index is 5.75. The van der Waals surface area contributed by atoms with E-state index >= 15 is 0 Å². The van der Waals surface area contributed by atoms with Crippen LogP contribution in [0.4, 0.5) is 0 Å². The number of benzene rings is 2. The van der Waals surface area contributed by atoms with Crippen LogP contribution >= 0.6 is 0 Å². The third-order valence-electron chi connectivity index (χ3n) is 3.14. The first-order valence-corrected chi connectivity index (χ1v) is 5.87. The average Bonchev–Trinajstić information content (AvgIpc) is 2.87. The Labute approximate surface area is 106 Å². The highest BCUT2D eigenvalue weighted by atomic mass is 14.7. The van der Waals surface area contributed by atoms with Gasteiger partial charge < -0.3 is 10.7 Å². The van der Waals surface area contributed by atoms with Crippen LogP contribution in [0.2, 0.25) is 0 Å². The molecule has 0 fully saturated rings. The highest BCUT2D eigenvalue weighted by molar-refractivity contribution is 5.95. The van der Waals surface area contributed by atoms with E-state index in [4.69, 9.17) is 5.73 Å². The summed E-state index contributed by atoms with van der Waals surface area (Å²) in [5, 5.41) is 1.22. The van der Waals surface area contributed by atoms with Gasteiger partial charge in [0.1, 0.15) is 0 Å². The Morgan fingerprint density at radius 3 is 2.72 bits per heavy atom. The molecule has 0 saturated carbocycles. The first kappa shape index (κ1) is 10.7. The summed E-state index contributed by atoms with van der Waals surface area (Å²) in [5.74, 6) is 0. The molecule has 2 aromatic carbocycles. The van der Waals surface area contributed by atoms with Crippen molar-refractivity contribution < 1.29 is 0 Å². The molecule has 1 aromatic heterocycles. The average molecular weight is 234 g/mol. The molecule has 1 heterocycles. The second-order valence-corrected chi connectivity index (χ2v) is 4.35. The van der Waals surface area contributed by atoms with Crippen molar-refractivity contribution in [2.24, 2.45) is 5.73 Å². The molecule has 3 aromatic rings. The van der Waals surface area contributed by atoms with E-state index in [-0.39, 0.29) is 0 Å². The van der Waals surface area contributed by atoms with Crippen molar-refractivity contribution in [1.82, 2.24) is 4.98 Å². The van der Waals surface area contributed by atoms with Crippen molar-refractivity contribution in [3.05, 3.63) is 66.9 Å². The van der Waals surface area contributed by atoms with E-state index in [1.807, 2.05) is 18.3 Å². The third kappa shape index (κ3) is 1.68. The summed E-state index contributed by atoms with van der Waals surface area (Å²) in [6, 6.07) is 16.5. The van der Waals surface area contributed by atoms with Crippen LogP contribution in [0, 0.1) is 0 Å². The second-order valence-electron chi connectivity index (χ2n) is 4.35. The maximum absolute atomic E-state index is 5.75. The van der Waals surface area contributed by atoms with Crippen molar-refractivity contribution in [2.75, 3.05) is 0 Å². The van der Waals surface area contributed by atoms with Crippen LogP contribution in [-0.4, -0.2) is 4.98 Å². The fourth-order valence-corrected chi connectivity index (χ4v) is 2.22. The molecule has 2 nitrogen and oxygen atoms in total. The minimum Gasteiger partial charge on any atom is -0.399 e. The van der Waals surface area contributed by atoms with Gasteiger partial charge in [-0.15, -0.1) is 0 Å². The predicted octanol–water partition coefficient (Wildman–Crippen LogP) is 3.76. The van der Waals surface area contributed by atoms with Gasteiger partial charge in [-0.1, -0.05) is 36.9 Å². The molecule has 3 N–H and O–H groups in total. The van der Waals surface area contributed by atoms with Gasteiger partial charge in [-0.25, -0.2) is 0 Å². The van der Waals surface area contributed by atoms with E-state index in [0.29, 0.717) is 5.70 Å². The second kappa shape index (κ2) is 4.08. The molecule has 0 aliphatic heterocycles. The zero-order chi connectivity index (χ0) is 12.5. The number of hydrogen-bond donors (Lipinski definition) is 2. The number of fused-ring (bicyclic) bond motifs is 1. The Morgan fingerprint density at radius 2 is 1.89 bits per heavy atom. The lowest BCUT2D eigenvalue weighted by Crippen LogP contribution is -1.93. The van der Waals surface area contributed by atoms with E-state index in [2.05, 4.69) is 48.0 Å². The number of hydrogen-bond acceptors (Lipinski definition) is 1. The summed E-state index contributed by atoms with van der Waals surface area (Å²) in [4.78, 5) is 3.22. The molecule has 0 radical (unpaired) electrons. The fourth-order valence-electron chi connectivity index (χ4n) is 2.22. The molecule has 3 rings (SSSR count). The van der Waals surface area contributed by atoms with E-state index in [1.165, 1.54) is 10.9 Å². The highest BCUT2D eigenvalue weighted by Gasteiger charge is 2.05. The van der Waals surface area contributed by atoms with Crippen LogP contribution in [0.5, 0.6) is 0 Å². The molecule has 18 heavy (non-hydrogen) atoms. The summed E-state index contributed by atoms with van der Waals surface area (Å²) < 4.78 is 0. The number of aromatic amines is 1. The van der Waals surface area contributed by atoms with Crippen LogP contribution < -0.4 is 5.73 Å². The van der Waals surface area contributed by atoms with Gasteiger partial charge in [0, 0.05) is 22.8 Å². The molecule has 0 spiro atoms. The lowest BCUT2D eigenvalue weighted by atomic mass is 9.99. The molecular formula is C16H14N2. The largest absolute Gasteiger partial charge is 0.399 e. The third-order valence-corrected chi connectivity index (χ3v) is 3.14. The fraction of sp³-hybridized carbons (Fsp3) is 0. The maximum Gasteiger partial charge on any atom is 0.0460 e. The van der Waals surface area contributed by atoms with Crippen molar-refractivity contribution >= 4 is 16.6 Å². The SMILES string of the molecule is C=C(N)c1cccc(-c2cccc3[nH]ccc23)c1. The molecular weight excluding hydrogens is 220 g/mol. The van der Waals surface area contributed by atoms with Crippen LogP contribution in [0.15, 0.2) is 61.3 Å². The van der Waals surface area contributed by atoms with E-state index in [9.17, 15) is 0 Å². The minimum atomic E-state index is 0.595. The van der Waals surface area contributed by atoms with E-state index < -0.39 is 0 Å². The van der Waals surface area contributed by atoms with Crippen molar-refractivity contribution in [3.8, 4) is 11.1 Å². The van der Waals surface area contributed by atoms with Gasteiger partial charge in [-0.3, -0.25) is 0 Å². The monoisotopic (exact) mass is 234 g/mol. The molecule has 0 bridgehead atoms. The Hall–Kier alpha value is -2.48. The zero-order valence-electron chi connectivity index (χ0n) is 9.98. The van der Waals surface area contributed by atoms with Gasteiger partial charge in [-0.05, 0) is 34.9 Å². The molecule has 0 unspecified atom stereocenters. The molecule has 0 amide bonds. The van der Waals surface area contributed by atoms with Crippen LogP contribution in [0.1, 0.15) is 5.56 Å². The standard InChI is InChI=1S/C16H14N2/c1-11(17)12-4-2-5-13(10-12)14-6-3-7-16-15(14)8-9-18-16/h2-10,18H,1,17H2. The van der Waals surface area contributed by atoms with Crippen molar-refractivity contribution in [2.45, 2.75) is 0 Å². The summed E-state index contributed by atoms with van der Waals surface area (Å²) in [7, 11) is 0. The zero-order valence-corrected chi connectivity index (χ0v) is 9.98. The van der Waals surface area contributed by atoms with Crippen molar-refractivity contribution in [3.63, 3.8) is 0 Å². The molecule has 0 atom stereocenters. The van der Waals surface area contributed by atoms with Crippen LogP contribution in [0.25, 0.3) is 27.7 Å². The smallest absolute Gasteiger partial charge is 0.0460 e. The number of nitrogens with two attached hydrogens (primary N) is 1.